The summed E-state index contributed by atoms with van der Waals surface area (Å²) in [5, 5.41) is 7.59. The molecule has 1 fully saturated rings. The maximum atomic E-state index is 12.8. The number of halogens is 3. The molecule has 0 spiro atoms. The van der Waals surface area contributed by atoms with Crippen LogP contribution in [0.1, 0.15) is 31.0 Å². The Labute approximate surface area is 160 Å². The molecular formula is C18H18F3N3O3S. The molecule has 2 aromatic rings. The number of primary sulfonamides is 1. The first-order valence-corrected chi connectivity index (χ1v) is 9.83. The molecule has 0 saturated heterocycles. The molecule has 3 rings (SSSR count). The van der Waals surface area contributed by atoms with E-state index in [1.165, 1.54) is 18.2 Å². The van der Waals surface area contributed by atoms with Gasteiger partial charge in [-0.3, -0.25) is 9.78 Å². The topological polar surface area (TPSA) is 102 Å². The summed E-state index contributed by atoms with van der Waals surface area (Å²) in [6.07, 6.45) is -3.62. The van der Waals surface area contributed by atoms with Crippen LogP contribution < -0.4 is 10.5 Å². The quantitative estimate of drug-likeness (QED) is 0.804. The second-order valence-electron chi connectivity index (χ2n) is 7.31. The number of rotatable bonds is 4. The lowest BCUT2D eigenvalue weighted by atomic mass is 10.0. The number of amides is 1. The average molecular weight is 413 g/mol. The van der Waals surface area contributed by atoms with E-state index in [4.69, 9.17) is 5.14 Å². The lowest BCUT2D eigenvalue weighted by Gasteiger charge is -2.09. The number of pyridine rings is 1. The predicted octanol–water partition coefficient (Wildman–Crippen LogP) is 3.13. The molecule has 1 heterocycles. The smallest absolute Gasteiger partial charge is 0.326 e. The third-order valence-electron chi connectivity index (χ3n) is 5.00. The fraction of sp³-hybridized carbons (Fsp3) is 0.333. The largest absolute Gasteiger partial charge is 0.433 e. The van der Waals surface area contributed by atoms with Crippen molar-refractivity contribution in [2.45, 2.75) is 30.8 Å². The SMILES string of the molecule is CC1(C)[C@@H](C(=O)Nc2ccnc(C(F)(F)F)c2)[C@@H]1c1ccc(S(N)(=O)=O)cc1. The van der Waals surface area contributed by atoms with Crippen LogP contribution in [0, 0.1) is 11.3 Å². The van der Waals surface area contributed by atoms with Crippen molar-refractivity contribution >= 4 is 21.6 Å². The number of alkyl halides is 3. The van der Waals surface area contributed by atoms with Gasteiger partial charge in [0, 0.05) is 17.8 Å². The van der Waals surface area contributed by atoms with Crippen molar-refractivity contribution in [3.05, 3.63) is 53.9 Å². The Morgan fingerprint density at radius 2 is 1.79 bits per heavy atom. The van der Waals surface area contributed by atoms with Gasteiger partial charge < -0.3 is 5.32 Å². The monoisotopic (exact) mass is 413 g/mol. The number of aromatic nitrogens is 1. The molecule has 28 heavy (non-hydrogen) atoms. The summed E-state index contributed by atoms with van der Waals surface area (Å²) in [4.78, 5) is 15.9. The van der Waals surface area contributed by atoms with Gasteiger partial charge in [-0.2, -0.15) is 13.2 Å². The first kappa shape index (κ1) is 20.3. The van der Waals surface area contributed by atoms with Gasteiger partial charge >= 0.3 is 6.18 Å². The molecule has 6 nitrogen and oxygen atoms in total. The molecule has 3 N–H and O–H groups in total. The van der Waals surface area contributed by atoms with Crippen molar-refractivity contribution in [1.82, 2.24) is 4.98 Å². The van der Waals surface area contributed by atoms with E-state index >= 15 is 0 Å². The summed E-state index contributed by atoms with van der Waals surface area (Å²) < 4.78 is 61.0. The maximum absolute atomic E-state index is 12.8. The standard InChI is InChI=1S/C18H18F3N3O3S/c1-17(2)14(10-3-5-12(6-4-10)28(22,26)27)15(17)16(25)24-11-7-8-23-13(9-11)18(19,20)21/h3-9,14-15H,1-2H3,(H2,22,26,27)(H,23,24,25)/t14-,15+/m0/s1. The molecule has 1 aromatic carbocycles. The van der Waals surface area contributed by atoms with Crippen LogP contribution in [0.4, 0.5) is 18.9 Å². The molecule has 0 aliphatic heterocycles. The molecule has 0 unspecified atom stereocenters. The molecule has 0 radical (unpaired) electrons. The summed E-state index contributed by atoms with van der Waals surface area (Å²) in [5.74, 6) is -1.09. The summed E-state index contributed by atoms with van der Waals surface area (Å²) in [7, 11) is -3.82. The van der Waals surface area contributed by atoms with Crippen LogP contribution >= 0.6 is 0 Å². The van der Waals surface area contributed by atoms with Gasteiger partial charge in [0.2, 0.25) is 15.9 Å². The van der Waals surface area contributed by atoms with Crippen LogP contribution in [0.5, 0.6) is 0 Å². The lowest BCUT2D eigenvalue weighted by molar-refractivity contribution is -0.141. The van der Waals surface area contributed by atoms with Gasteiger partial charge in [-0.1, -0.05) is 26.0 Å². The average Bonchev–Trinajstić information content (AvgIpc) is 3.16. The van der Waals surface area contributed by atoms with E-state index in [0.717, 1.165) is 17.8 Å². The minimum absolute atomic E-state index is 0.0124. The number of carbonyl (C=O) groups is 1. The molecule has 10 heteroatoms. The fourth-order valence-electron chi connectivity index (χ4n) is 3.50. The normalized spacial score (nSPS) is 21.2. The van der Waals surface area contributed by atoms with Crippen LogP contribution in [-0.2, 0) is 21.0 Å². The molecule has 1 aliphatic rings. The summed E-state index contributed by atoms with van der Waals surface area (Å²) in [5.41, 5.74) is -0.760. The van der Waals surface area contributed by atoms with Crippen LogP contribution in [0.3, 0.4) is 0 Å². The first-order chi connectivity index (χ1) is 12.8. The van der Waals surface area contributed by atoms with Crippen molar-refractivity contribution in [1.29, 1.82) is 0 Å². The summed E-state index contributed by atoms with van der Waals surface area (Å²) in [6.45, 7) is 3.73. The number of hydrogen-bond acceptors (Lipinski definition) is 4. The van der Waals surface area contributed by atoms with Crippen molar-refractivity contribution in [3.63, 3.8) is 0 Å². The highest BCUT2D eigenvalue weighted by atomic mass is 32.2. The molecule has 2 atom stereocenters. The van der Waals surface area contributed by atoms with Gasteiger partial charge in [0.05, 0.1) is 10.8 Å². The molecule has 0 bridgehead atoms. The Bertz CT molecular complexity index is 1020. The Morgan fingerprint density at radius 1 is 1.18 bits per heavy atom. The third kappa shape index (κ3) is 3.88. The minimum Gasteiger partial charge on any atom is -0.326 e. The van der Waals surface area contributed by atoms with Crippen molar-refractivity contribution < 1.29 is 26.4 Å². The molecule has 150 valence electrons. The Balaban J connectivity index is 1.78. The number of anilines is 1. The van der Waals surface area contributed by atoms with E-state index in [-0.39, 0.29) is 16.5 Å². The molecular weight excluding hydrogens is 395 g/mol. The molecule has 1 aromatic heterocycles. The molecule has 1 saturated carbocycles. The zero-order valence-electron chi connectivity index (χ0n) is 15.0. The molecule has 1 amide bonds. The first-order valence-electron chi connectivity index (χ1n) is 8.28. The number of carbonyl (C=O) groups excluding carboxylic acids is 1. The minimum atomic E-state index is -4.60. The van der Waals surface area contributed by atoms with Gasteiger partial charge in [-0.05, 0) is 35.2 Å². The second kappa shape index (κ2) is 6.56. The van der Waals surface area contributed by atoms with E-state index in [1.54, 1.807) is 12.1 Å². The van der Waals surface area contributed by atoms with Crippen molar-refractivity contribution in [2.24, 2.45) is 16.5 Å². The number of nitrogens with one attached hydrogen (secondary N) is 1. The number of nitrogens with two attached hydrogens (primary N) is 1. The number of sulfonamides is 1. The molecule has 1 aliphatic carbocycles. The number of hydrogen-bond donors (Lipinski definition) is 2. The zero-order valence-corrected chi connectivity index (χ0v) is 15.8. The van der Waals surface area contributed by atoms with Crippen LogP contribution in [0.2, 0.25) is 0 Å². The highest BCUT2D eigenvalue weighted by Crippen LogP contribution is 2.64. The van der Waals surface area contributed by atoms with E-state index in [0.29, 0.717) is 0 Å². The van der Waals surface area contributed by atoms with E-state index in [2.05, 4.69) is 10.3 Å². The summed E-state index contributed by atoms with van der Waals surface area (Å²) >= 11 is 0. The highest BCUT2D eigenvalue weighted by Gasteiger charge is 2.62. The zero-order chi connectivity index (χ0) is 20.9. The highest BCUT2D eigenvalue weighted by molar-refractivity contribution is 7.89. The number of nitrogens with zero attached hydrogens (tertiary/aromatic N) is 1. The van der Waals surface area contributed by atoms with Crippen LogP contribution in [0.25, 0.3) is 0 Å². The van der Waals surface area contributed by atoms with Crippen molar-refractivity contribution in [3.8, 4) is 0 Å². The Kier molecular flexibility index (Phi) is 4.75. The number of benzene rings is 1. The van der Waals surface area contributed by atoms with Gasteiger partial charge in [-0.15, -0.1) is 0 Å². The van der Waals surface area contributed by atoms with E-state index in [9.17, 15) is 26.4 Å². The van der Waals surface area contributed by atoms with Gasteiger partial charge in [0.1, 0.15) is 5.69 Å². The van der Waals surface area contributed by atoms with Crippen molar-refractivity contribution in [2.75, 3.05) is 5.32 Å². The Morgan fingerprint density at radius 3 is 2.32 bits per heavy atom. The van der Waals surface area contributed by atoms with E-state index < -0.39 is 39.1 Å². The lowest BCUT2D eigenvalue weighted by Crippen LogP contribution is -2.18. The van der Waals surface area contributed by atoms with Crippen LogP contribution in [0.15, 0.2) is 47.5 Å². The van der Waals surface area contributed by atoms with Gasteiger partial charge in [-0.25, -0.2) is 13.6 Å². The van der Waals surface area contributed by atoms with Gasteiger partial charge in [0.25, 0.3) is 0 Å². The van der Waals surface area contributed by atoms with Gasteiger partial charge in [0.15, 0.2) is 0 Å². The summed E-state index contributed by atoms with van der Waals surface area (Å²) in [6, 6.07) is 7.99. The second-order valence-corrected chi connectivity index (χ2v) is 8.87. The van der Waals surface area contributed by atoms with Crippen LogP contribution in [-0.4, -0.2) is 19.3 Å². The van der Waals surface area contributed by atoms with E-state index in [1.807, 2.05) is 13.8 Å². The predicted molar refractivity (Wildman–Crippen MR) is 95.7 cm³/mol. The third-order valence-corrected chi connectivity index (χ3v) is 5.92. The Hall–Kier alpha value is -2.46. The maximum Gasteiger partial charge on any atom is 0.433 e. The fourth-order valence-corrected chi connectivity index (χ4v) is 4.01.